The lowest BCUT2D eigenvalue weighted by Gasteiger charge is -2.29. The zero-order valence-electron chi connectivity index (χ0n) is 11.9. The van der Waals surface area contributed by atoms with Crippen LogP contribution in [0.4, 0.5) is 0 Å². The van der Waals surface area contributed by atoms with Gasteiger partial charge in [0.25, 0.3) is 0 Å². The molecule has 1 atom stereocenters. The number of halogens is 1. The minimum Gasteiger partial charge on any atom is -0.490 e. The molecule has 2 N–H and O–H groups in total. The Kier molecular flexibility index (Phi) is 5.28. The molecule has 0 saturated heterocycles. The molecule has 0 aromatic heterocycles. The third-order valence-electron chi connectivity index (χ3n) is 4.13. The van der Waals surface area contributed by atoms with Gasteiger partial charge in [-0.3, -0.25) is 0 Å². The first kappa shape index (κ1) is 14.9. The van der Waals surface area contributed by atoms with Crippen molar-refractivity contribution in [1.29, 1.82) is 0 Å². The molecule has 3 heteroatoms. The molecule has 1 saturated carbocycles. The van der Waals surface area contributed by atoms with Gasteiger partial charge in [0.2, 0.25) is 0 Å². The summed E-state index contributed by atoms with van der Waals surface area (Å²) in [5, 5.41) is 0. The Morgan fingerprint density at radius 3 is 2.58 bits per heavy atom. The summed E-state index contributed by atoms with van der Waals surface area (Å²) < 4.78 is 7.25. The van der Waals surface area contributed by atoms with E-state index in [1.54, 1.807) is 0 Å². The monoisotopic (exact) mass is 325 g/mol. The molecule has 1 fully saturated rings. The van der Waals surface area contributed by atoms with Crippen molar-refractivity contribution in [2.24, 2.45) is 11.7 Å². The third kappa shape index (κ3) is 3.96. The molecule has 106 valence electrons. The third-order valence-corrected chi connectivity index (χ3v) is 4.62. The summed E-state index contributed by atoms with van der Waals surface area (Å²) in [4.78, 5) is 0. The van der Waals surface area contributed by atoms with Crippen molar-refractivity contribution in [3.8, 4) is 5.75 Å². The summed E-state index contributed by atoms with van der Waals surface area (Å²) in [6, 6.07) is 6.13. The van der Waals surface area contributed by atoms with Crippen molar-refractivity contribution < 1.29 is 4.74 Å². The largest absolute Gasteiger partial charge is 0.490 e. The fourth-order valence-corrected chi connectivity index (χ4v) is 3.20. The maximum Gasteiger partial charge on any atom is 0.124 e. The van der Waals surface area contributed by atoms with E-state index < -0.39 is 0 Å². The minimum absolute atomic E-state index is 0.000481. The Morgan fingerprint density at radius 1 is 1.32 bits per heavy atom. The van der Waals surface area contributed by atoms with Crippen molar-refractivity contribution in [3.05, 3.63) is 28.2 Å². The van der Waals surface area contributed by atoms with Crippen molar-refractivity contribution >= 4 is 15.9 Å². The van der Waals surface area contributed by atoms with Gasteiger partial charge in [-0.05, 0) is 56.7 Å². The Hall–Kier alpha value is -0.540. The van der Waals surface area contributed by atoms with Gasteiger partial charge in [0.15, 0.2) is 0 Å². The number of nitrogens with two attached hydrogens (primary N) is 1. The summed E-state index contributed by atoms with van der Waals surface area (Å²) in [5.41, 5.74) is 7.12. The molecule has 0 aliphatic heterocycles. The van der Waals surface area contributed by atoms with Gasteiger partial charge in [0.1, 0.15) is 5.75 Å². The summed E-state index contributed by atoms with van der Waals surface area (Å²) >= 11 is 3.50. The Labute approximate surface area is 124 Å². The lowest BCUT2D eigenvalue weighted by atomic mass is 9.86. The second-order valence-corrected chi connectivity index (χ2v) is 6.56. The van der Waals surface area contributed by atoms with E-state index in [2.05, 4.69) is 28.9 Å². The van der Waals surface area contributed by atoms with E-state index in [1.807, 2.05) is 19.1 Å². The quantitative estimate of drug-likeness (QED) is 0.861. The molecule has 0 radical (unpaired) electrons. The van der Waals surface area contributed by atoms with Gasteiger partial charge in [-0.1, -0.05) is 29.3 Å². The van der Waals surface area contributed by atoms with Gasteiger partial charge in [-0.25, -0.2) is 0 Å². The van der Waals surface area contributed by atoms with Crippen LogP contribution in [0.25, 0.3) is 0 Å². The van der Waals surface area contributed by atoms with Crippen molar-refractivity contribution in [1.82, 2.24) is 0 Å². The predicted octanol–water partition coefficient (Wildman–Crippen LogP) is 4.82. The maximum atomic E-state index is 6.19. The van der Waals surface area contributed by atoms with Gasteiger partial charge < -0.3 is 10.5 Å². The molecular weight excluding hydrogens is 302 g/mol. The number of hydrogen-bond donors (Lipinski definition) is 1. The smallest absolute Gasteiger partial charge is 0.124 e. The summed E-state index contributed by atoms with van der Waals surface area (Å²) in [5.74, 6) is 1.86. The van der Waals surface area contributed by atoms with E-state index in [0.29, 0.717) is 6.10 Å². The maximum absolute atomic E-state index is 6.19. The molecule has 0 heterocycles. The van der Waals surface area contributed by atoms with E-state index in [9.17, 15) is 0 Å². The SMILES string of the molecule is CCC1CCC(Oc2ccc(Br)cc2[C@H](C)N)CC1. The average molecular weight is 326 g/mol. The Balaban J connectivity index is 2.03. The standard InChI is InChI=1S/C16H24BrNO/c1-3-12-4-7-14(8-5-12)19-16-9-6-13(17)10-15(16)11(2)18/h6,9-12,14H,3-5,7-8,18H2,1-2H3/t11-,12?,14?/m0/s1. The molecule has 2 rings (SSSR count). The Morgan fingerprint density at radius 2 is 2.00 bits per heavy atom. The molecule has 1 aliphatic carbocycles. The summed E-state index contributed by atoms with van der Waals surface area (Å²) in [6.45, 7) is 4.29. The highest BCUT2D eigenvalue weighted by molar-refractivity contribution is 9.10. The lowest BCUT2D eigenvalue weighted by molar-refractivity contribution is 0.128. The molecule has 2 nitrogen and oxygen atoms in total. The first-order valence-electron chi connectivity index (χ1n) is 7.31. The fourth-order valence-electron chi connectivity index (χ4n) is 2.82. The van der Waals surface area contributed by atoms with Crippen LogP contribution in [-0.2, 0) is 0 Å². The van der Waals surface area contributed by atoms with Crippen LogP contribution in [0.15, 0.2) is 22.7 Å². The number of rotatable bonds is 4. The molecule has 1 aromatic carbocycles. The molecule has 1 aromatic rings. The second-order valence-electron chi connectivity index (χ2n) is 5.64. The van der Waals surface area contributed by atoms with Crippen LogP contribution in [0.3, 0.4) is 0 Å². The zero-order valence-corrected chi connectivity index (χ0v) is 13.4. The number of ether oxygens (including phenoxy) is 1. The highest BCUT2D eigenvalue weighted by atomic mass is 79.9. The van der Waals surface area contributed by atoms with E-state index in [0.717, 1.165) is 21.7 Å². The first-order chi connectivity index (χ1) is 9.10. The zero-order chi connectivity index (χ0) is 13.8. The van der Waals surface area contributed by atoms with Crippen LogP contribution in [0, 0.1) is 5.92 Å². The molecule has 1 aliphatic rings. The predicted molar refractivity (Wildman–Crippen MR) is 83.4 cm³/mol. The van der Waals surface area contributed by atoms with Gasteiger partial charge in [0.05, 0.1) is 6.10 Å². The van der Waals surface area contributed by atoms with Crippen molar-refractivity contribution in [2.45, 2.75) is 58.1 Å². The molecule has 0 bridgehead atoms. The molecule has 0 amide bonds. The van der Waals surface area contributed by atoms with Crippen LogP contribution < -0.4 is 10.5 Å². The van der Waals surface area contributed by atoms with Crippen LogP contribution >= 0.6 is 15.9 Å². The topological polar surface area (TPSA) is 35.2 Å². The average Bonchev–Trinajstić information content (AvgIpc) is 2.41. The van der Waals surface area contributed by atoms with E-state index in [1.165, 1.54) is 32.1 Å². The molecule has 19 heavy (non-hydrogen) atoms. The second kappa shape index (κ2) is 6.76. The van der Waals surface area contributed by atoms with E-state index in [4.69, 9.17) is 10.5 Å². The van der Waals surface area contributed by atoms with E-state index >= 15 is 0 Å². The van der Waals surface area contributed by atoms with Gasteiger partial charge >= 0.3 is 0 Å². The highest BCUT2D eigenvalue weighted by Crippen LogP contribution is 2.33. The van der Waals surface area contributed by atoms with Crippen LogP contribution in [-0.4, -0.2) is 6.10 Å². The number of hydrogen-bond acceptors (Lipinski definition) is 2. The van der Waals surface area contributed by atoms with Crippen molar-refractivity contribution in [2.75, 3.05) is 0 Å². The van der Waals surface area contributed by atoms with Crippen LogP contribution in [0.1, 0.15) is 57.6 Å². The molecule has 0 spiro atoms. The normalized spacial score (nSPS) is 25.1. The minimum atomic E-state index is -0.000481. The molecule has 0 unspecified atom stereocenters. The van der Waals surface area contributed by atoms with E-state index in [-0.39, 0.29) is 6.04 Å². The summed E-state index contributed by atoms with van der Waals surface area (Å²) in [7, 11) is 0. The van der Waals surface area contributed by atoms with Gasteiger partial charge in [0, 0.05) is 16.1 Å². The lowest BCUT2D eigenvalue weighted by Crippen LogP contribution is -2.24. The van der Waals surface area contributed by atoms with Crippen LogP contribution in [0.5, 0.6) is 5.75 Å². The first-order valence-corrected chi connectivity index (χ1v) is 8.11. The highest BCUT2D eigenvalue weighted by Gasteiger charge is 2.22. The number of benzene rings is 1. The summed E-state index contributed by atoms with van der Waals surface area (Å²) in [6.07, 6.45) is 6.60. The van der Waals surface area contributed by atoms with Gasteiger partial charge in [-0.2, -0.15) is 0 Å². The van der Waals surface area contributed by atoms with Crippen LogP contribution in [0.2, 0.25) is 0 Å². The fraction of sp³-hybridized carbons (Fsp3) is 0.625. The molecular formula is C16H24BrNO. The Bertz CT molecular complexity index is 411. The van der Waals surface area contributed by atoms with Gasteiger partial charge in [-0.15, -0.1) is 0 Å². The van der Waals surface area contributed by atoms with Crippen molar-refractivity contribution in [3.63, 3.8) is 0 Å².